The average Bonchev–Trinajstić information content (AvgIpc) is 3.38. The fraction of sp³-hybridized carbons (Fsp3) is 0.333. The van der Waals surface area contributed by atoms with Crippen LogP contribution in [0.3, 0.4) is 0 Å². The highest BCUT2D eigenvalue weighted by atomic mass is 16.3. The molecule has 1 fully saturated rings. The second kappa shape index (κ2) is 6.01. The third kappa shape index (κ3) is 2.25. The van der Waals surface area contributed by atoms with Crippen molar-refractivity contribution in [3.05, 3.63) is 59.7 Å². The first kappa shape index (κ1) is 16.2. The van der Waals surface area contributed by atoms with Crippen molar-refractivity contribution in [1.82, 2.24) is 14.8 Å². The van der Waals surface area contributed by atoms with Crippen LogP contribution in [0.4, 0.5) is 4.79 Å². The van der Waals surface area contributed by atoms with E-state index in [9.17, 15) is 9.59 Å². The zero-order valence-corrected chi connectivity index (χ0v) is 15.1. The lowest BCUT2D eigenvalue weighted by Crippen LogP contribution is -2.44. The van der Waals surface area contributed by atoms with Gasteiger partial charge in [-0.15, -0.1) is 0 Å². The molecule has 3 aromatic rings. The van der Waals surface area contributed by atoms with E-state index in [1.165, 1.54) is 4.90 Å². The number of rotatable bonds is 4. The van der Waals surface area contributed by atoms with E-state index in [2.05, 4.69) is 18.0 Å². The third-order valence-electron chi connectivity index (χ3n) is 5.73. The molecule has 0 saturated carbocycles. The van der Waals surface area contributed by atoms with Crippen molar-refractivity contribution < 1.29 is 14.0 Å². The first-order valence-corrected chi connectivity index (χ1v) is 9.46. The number of unbranched alkanes of at least 4 members (excludes halogenated alkanes) is 1. The SMILES string of the molecule is CCCCN1C(=O)[C@H]2Cc3c([nH]c4ccccc34)[C@@H](c3ccoc3)N2C1=O. The first-order valence-electron chi connectivity index (χ1n) is 9.46. The predicted molar refractivity (Wildman–Crippen MR) is 100 cm³/mol. The molecule has 0 unspecified atom stereocenters. The molecule has 2 atom stereocenters. The number of urea groups is 1. The summed E-state index contributed by atoms with van der Waals surface area (Å²) in [5, 5.41) is 1.12. The van der Waals surface area contributed by atoms with Crippen molar-refractivity contribution in [1.29, 1.82) is 0 Å². The number of para-hydroxylation sites is 1. The van der Waals surface area contributed by atoms with Gasteiger partial charge in [0.1, 0.15) is 12.1 Å². The first-order chi connectivity index (χ1) is 13.2. The molecule has 1 aromatic carbocycles. The molecule has 1 saturated heterocycles. The molecule has 5 rings (SSSR count). The van der Waals surface area contributed by atoms with Crippen LogP contribution >= 0.6 is 0 Å². The number of fused-ring (bicyclic) bond motifs is 4. The van der Waals surface area contributed by atoms with Gasteiger partial charge in [-0.25, -0.2) is 4.79 Å². The average molecular weight is 363 g/mol. The Balaban J connectivity index is 1.67. The topological polar surface area (TPSA) is 69.6 Å². The lowest BCUT2D eigenvalue weighted by atomic mass is 9.90. The molecule has 0 bridgehead atoms. The van der Waals surface area contributed by atoms with Crippen LogP contribution < -0.4 is 0 Å². The van der Waals surface area contributed by atoms with E-state index in [4.69, 9.17) is 4.42 Å². The zero-order valence-electron chi connectivity index (χ0n) is 15.1. The predicted octanol–water partition coefficient (Wildman–Crippen LogP) is 3.84. The summed E-state index contributed by atoms with van der Waals surface area (Å²) in [6.07, 6.45) is 5.58. The molecule has 4 heterocycles. The Hall–Kier alpha value is -3.02. The van der Waals surface area contributed by atoms with Gasteiger partial charge in [-0.1, -0.05) is 31.5 Å². The van der Waals surface area contributed by atoms with Crippen LogP contribution in [0.5, 0.6) is 0 Å². The minimum Gasteiger partial charge on any atom is -0.472 e. The lowest BCUT2D eigenvalue weighted by molar-refractivity contribution is -0.128. The van der Waals surface area contributed by atoms with Gasteiger partial charge in [0, 0.05) is 35.1 Å². The van der Waals surface area contributed by atoms with Crippen LogP contribution in [0.15, 0.2) is 47.3 Å². The van der Waals surface area contributed by atoms with Crippen molar-refractivity contribution in [3.63, 3.8) is 0 Å². The van der Waals surface area contributed by atoms with Gasteiger partial charge < -0.3 is 9.40 Å². The molecule has 138 valence electrons. The van der Waals surface area contributed by atoms with E-state index in [1.54, 1.807) is 17.4 Å². The Labute approximate surface area is 156 Å². The number of aromatic amines is 1. The normalized spacial score (nSPS) is 21.8. The highest BCUT2D eigenvalue weighted by Crippen LogP contribution is 2.44. The van der Waals surface area contributed by atoms with Crippen molar-refractivity contribution in [2.24, 2.45) is 0 Å². The number of benzene rings is 1. The third-order valence-corrected chi connectivity index (χ3v) is 5.73. The van der Waals surface area contributed by atoms with Crippen molar-refractivity contribution in [3.8, 4) is 0 Å². The number of hydrogen-bond donors (Lipinski definition) is 1. The monoisotopic (exact) mass is 363 g/mol. The van der Waals surface area contributed by atoms with E-state index in [0.29, 0.717) is 13.0 Å². The Morgan fingerprint density at radius 1 is 1.22 bits per heavy atom. The Morgan fingerprint density at radius 3 is 2.85 bits per heavy atom. The highest BCUT2D eigenvalue weighted by Gasteiger charge is 2.52. The fourth-order valence-corrected chi connectivity index (χ4v) is 4.43. The molecule has 2 aliphatic rings. The van der Waals surface area contributed by atoms with Crippen molar-refractivity contribution >= 4 is 22.8 Å². The summed E-state index contributed by atoms with van der Waals surface area (Å²) in [7, 11) is 0. The lowest BCUT2D eigenvalue weighted by Gasteiger charge is -2.35. The zero-order chi connectivity index (χ0) is 18.5. The van der Waals surface area contributed by atoms with Gasteiger partial charge in [0.2, 0.25) is 0 Å². The number of carbonyl (C=O) groups is 2. The van der Waals surface area contributed by atoms with Gasteiger partial charge in [-0.2, -0.15) is 0 Å². The second-order valence-corrected chi connectivity index (χ2v) is 7.28. The molecular formula is C21H21N3O3. The van der Waals surface area contributed by atoms with Crippen LogP contribution in [0.1, 0.15) is 42.6 Å². The number of hydrogen-bond acceptors (Lipinski definition) is 3. The van der Waals surface area contributed by atoms with Crippen LogP contribution in [0.2, 0.25) is 0 Å². The van der Waals surface area contributed by atoms with Gasteiger partial charge >= 0.3 is 6.03 Å². The smallest absolute Gasteiger partial charge is 0.328 e. The number of aromatic nitrogens is 1. The van der Waals surface area contributed by atoms with Gasteiger partial charge in [-0.05, 0) is 24.1 Å². The minimum absolute atomic E-state index is 0.0853. The molecule has 0 radical (unpaired) electrons. The molecule has 3 amide bonds. The summed E-state index contributed by atoms with van der Waals surface area (Å²) < 4.78 is 5.31. The number of H-pyrrole nitrogens is 1. The maximum atomic E-state index is 13.2. The molecule has 6 nitrogen and oxygen atoms in total. The largest absolute Gasteiger partial charge is 0.472 e. The van der Waals surface area contributed by atoms with Crippen LogP contribution in [-0.4, -0.2) is 39.3 Å². The highest BCUT2D eigenvalue weighted by molar-refractivity contribution is 6.05. The van der Waals surface area contributed by atoms with Crippen LogP contribution in [0, 0.1) is 0 Å². The Bertz CT molecular complexity index is 1020. The van der Waals surface area contributed by atoms with Gasteiger partial charge in [0.05, 0.1) is 12.5 Å². The second-order valence-electron chi connectivity index (χ2n) is 7.28. The van der Waals surface area contributed by atoms with Crippen LogP contribution in [0.25, 0.3) is 10.9 Å². The molecule has 2 aliphatic heterocycles. The van der Waals surface area contributed by atoms with Crippen LogP contribution in [-0.2, 0) is 11.2 Å². The molecule has 6 heteroatoms. The number of imide groups is 1. The maximum Gasteiger partial charge on any atom is 0.328 e. The minimum atomic E-state index is -0.457. The van der Waals surface area contributed by atoms with E-state index in [-0.39, 0.29) is 18.0 Å². The quantitative estimate of drug-likeness (QED) is 0.716. The summed E-state index contributed by atoms with van der Waals surface area (Å²) >= 11 is 0. The van der Waals surface area contributed by atoms with Gasteiger partial charge in [-0.3, -0.25) is 14.6 Å². The summed E-state index contributed by atoms with van der Waals surface area (Å²) in [4.78, 5) is 32.9. The standard InChI is InChI=1S/C21H21N3O3/c1-2-3-9-23-20(25)17-11-15-14-6-4-5-7-16(14)22-18(15)19(24(17)21(23)26)13-8-10-27-12-13/h4-8,10,12,17,19,22H,2-3,9,11H2,1H3/t17-,19-/m1/s1. The summed E-state index contributed by atoms with van der Waals surface area (Å²) in [6.45, 7) is 2.54. The van der Waals surface area contributed by atoms with Crippen molar-refractivity contribution in [2.45, 2.75) is 38.3 Å². The number of furan rings is 1. The van der Waals surface area contributed by atoms with E-state index in [1.807, 2.05) is 24.3 Å². The van der Waals surface area contributed by atoms with E-state index >= 15 is 0 Å². The summed E-state index contributed by atoms with van der Waals surface area (Å²) in [5.74, 6) is -0.0853. The van der Waals surface area contributed by atoms with E-state index < -0.39 is 6.04 Å². The number of carbonyl (C=O) groups excluding carboxylic acids is 2. The molecular weight excluding hydrogens is 342 g/mol. The summed E-state index contributed by atoms with van der Waals surface area (Å²) in [5.41, 5.74) is 4.01. The number of nitrogens with zero attached hydrogens (tertiary/aromatic N) is 2. The Kier molecular flexibility index (Phi) is 3.60. The summed E-state index contributed by atoms with van der Waals surface area (Å²) in [6, 6.07) is 8.97. The van der Waals surface area contributed by atoms with E-state index in [0.717, 1.165) is 40.6 Å². The maximum absolute atomic E-state index is 13.2. The van der Waals surface area contributed by atoms with Crippen molar-refractivity contribution in [2.75, 3.05) is 6.54 Å². The molecule has 1 N–H and O–H groups in total. The number of amides is 3. The van der Waals surface area contributed by atoms with Gasteiger partial charge in [0.25, 0.3) is 5.91 Å². The Morgan fingerprint density at radius 2 is 2.07 bits per heavy atom. The molecule has 0 spiro atoms. The fourth-order valence-electron chi connectivity index (χ4n) is 4.43. The molecule has 2 aromatic heterocycles. The molecule has 27 heavy (non-hydrogen) atoms. The number of nitrogens with one attached hydrogen (secondary N) is 1. The van der Waals surface area contributed by atoms with Gasteiger partial charge in [0.15, 0.2) is 0 Å². The molecule has 0 aliphatic carbocycles.